The Labute approximate surface area is 131 Å². The van der Waals surface area contributed by atoms with Crippen molar-refractivity contribution < 1.29 is 0 Å². The van der Waals surface area contributed by atoms with Gasteiger partial charge in [0.15, 0.2) is 0 Å². The Morgan fingerprint density at radius 2 is 2.00 bits per heavy atom. The summed E-state index contributed by atoms with van der Waals surface area (Å²) < 4.78 is 1.43. The lowest BCUT2D eigenvalue weighted by molar-refractivity contribution is 0.0949. The number of hydrogen-bond donors (Lipinski definition) is 1. The van der Waals surface area contributed by atoms with Crippen LogP contribution in [0.1, 0.15) is 37.7 Å². The average Bonchev–Trinajstić information content (AvgIpc) is 2.92. The van der Waals surface area contributed by atoms with Gasteiger partial charge in [0.25, 0.3) is 0 Å². The fourth-order valence-corrected chi connectivity index (χ4v) is 5.09. The van der Waals surface area contributed by atoms with E-state index in [1.54, 1.807) is 0 Å². The van der Waals surface area contributed by atoms with E-state index >= 15 is 0 Å². The Hall–Kier alpha value is -0.900. The molecule has 1 aromatic heterocycles. The van der Waals surface area contributed by atoms with E-state index in [-0.39, 0.29) is 0 Å². The molecule has 1 saturated heterocycles. The molecule has 1 aromatic carbocycles. The van der Waals surface area contributed by atoms with Crippen molar-refractivity contribution in [3.63, 3.8) is 0 Å². The largest absolute Gasteiger partial charge is 0.309 e. The van der Waals surface area contributed by atoms with E-state index in [4.69, 9.17) is 0 Å². The molecule has 1 aliphatic heterocycles. The molecule has 112 valence electrons. The zero-order chi connectivity index (χ0) is 14.1. The maximum Gasteiger partial charge on any atom is 0.0346 e. The smallest absolute Gasteiger partial charge is 0.0346 e. The van der Waals surface area contributed by atoms with Crippen molar-refractivity contribution in [1.29, 1.82) is 0 Å². The van der Waals surface area contributed by atoms with E-state index < -0.39 is 0 Å². The second kappa shape index (κ2) is 5.71. The van der Waals surface area contributed by atoms with Gasteiger partial charge in [0.1, 0.15) is 0 Å². The molecule has 2 aromatic rings. The molecule has 2 nitrogen and oxygen atoms in total. The Morgan fingerprint density at radius 1 is 1.14 bits per heavy atom. The summed E-state index contributed by atoms with van der Waals surface area (Å²) in [4.78, 5) is 2.68. The zero-order valence-electron chi connectivity index (χ0n) is 12.6. The normalized spacial score (nSPS) is 22.9. The van der Waals surface area contributed by atoms with Crippen LogP contribution in [0.25, 0.3) is 10.1 Å². The monoisotopic (exact) mass is 300 g/mol. The van der Waals surface area contributed by atoms with E-state index in [9.17, 15) is 0 Å². The molecule has 2 fully saturated rings. The fourth-order valence-electron chi connectivity index (χ4n) is 4.14. The molecular formula is C18H24N2S. The predicted octanol–water partition coefficient (Wildman–Crippen LogP) is 4.01. The number of hydrogen-bond acceptors (Lipinski definition) is 3. The van der Waals surface area contributed by atoms with Gasteiger partial charge < -0.3 is 5.32 Å². The zero-order valence-corrected chi connectivity index (χ0v) is 13.4. The highest BCUT2D eigenvalue weighted by Gasteiger charge is 2.36. The molecule has 0 amide bonds. The fraction of sp³-hybridized carbons (Fsp3) is 0.556. The molecule has 1 saturated carbocycles. The second-order valence-electron chi connectivity index (χ2n) is 6.74. The van der Waals surface area contributed by atoms with Gasteiger partial charge in [0, 0.05) is 36.4 Å². The van der Waals surface area contributed by atoms with Gasteiger partial charge in [-0.05, 0) is 35.2 Å². The molecule has 21 heavy (non-hydrogen) atoms. The van der Waals surface area contributed by atoms with Crippen molar-refractivity contribution in [2.24, 2.45) is 0 Å². The van der Waals surface area contributed by atoms with Crippen molar-refractivity contribution in [1.82, 2.24) is 10.2 Å². The van der Waals surface area contributed by atoms with E-state index in [1.165, 1.54) is 60.8 Å². The molecule has 0 unspecified atom stereocenters. The third kappa shape index (κ3) is 2.75. The molecule has 3 heteroatoms. The van der Waals surface area contributed by atoms with Gasteiger partial charge in [0.05, 0.1) is 0 Å². The number of nitrogens with one attached hydrogen (secondary N) is 1. The lowest BCUT2D eigenvalue weighted by atomic mass is 9.80. The molecule has 2 aliphatic rings. The molecule has 1 spiro atoms. The molecule has 1 N–H and O–H groups in total. The van der Waals surface area contributed by atoms with Crippen LogP contribution in [0, 0.1) is 0 Å². The first-order valence-electron chi connectivity index (χ1n) is 8.27. The summed E-state index contributed by atoms with van der Waals surface area (Å²) in [6.07, 6.45) is 6.98. The van der Waals surface area contributed by atoms with Gasteiger partial charge in [-0.15, -0.1) is 11.3 Å². The number of rotatable bonds is 2. The summed E-state index contributed by atoms with van der Waals surface area (Å²) >= 11 is 1.89. The highest BCUT2D eigenvalue weighted by atomic mass is 32.1. The van der Waals surface area contributed by atoms with Crippen molar-refractivity contribution in [2.75, 3.05) is 19.6 Å². The highest BCUT2D eigenvalue weighted by Crippen LogP contribution is 2.32. The standard InChI is InChI=1S/C18H24N2S/c1-4-8-18(9-5-1)14-20(11-10-19-18)12-15-13-21-17-7-3-2-6-16(15)17/h2-3,6-7,13,19H,1,4-5,8-12,14H2. The number of nitrogens with zero attached hydrogens (tertiary/aromatic N) is 1. The van der Waals surface area contributed by atoms with Crippen LogP contribution in [0.2, 0.25) is 0 Å². The third-order valence-corrected chi connectivity index (χ3v) is 6.23. The minimum Gasteiger partial charge on any atom is -0.309 e. The van der Waals surface area contributed by atoms with Gasteiger partial charge in [0.2, 0.25) is 0 Å². The van der Waals surface area contributed by atoms with Gasteiger partial charge in [-0.1, -0.05) is 37.5 Å². The summed E-state index contributed by atoms with van der Waals surface area (Å²) in [6.45, 7) is 4.69. The topological polar surface area (TPSA) is 15.3 Å². The highest BCUT2D eigenvalue weighted by molar-refractivity contribution is 7.17. The Bertz CT molecular complexity index is 607. The van der Waals surface area contributed by atoms with Crippen LogP contribution in [0.4, 0.5) is 0 Å². The van der Waals surface area contributed by atoms with Gasteiger partial charge in [-0.3, -0.25) is 4.90 Å². The van der Waals surface area contributed by atoms with E-state index in [0.717, 1.165) is 13.1 Å². The van der Waals surface area contributed by atoms with Crippen LogP contribution in [0.5, 0.6) is 0 Å². The number of benzene rings is 1. The molecular weight excluding hydrogens is 276 g/mol. The Kier molecular flexibility index (Phi) is 3.74. The Balaban J connectivity index is 1.51. The minimum atomic E-state index is 0.419. The molecule has 2 heterocycles. The quantitative estimate of drug-likeness (QED) is 0.901. The summed E-state index contributed by atoms with van der Waals surface area (Å²) in [5.74, 6) is 0. The van der Waals surface area contributed by atoms with Crippen LogP contribution in [0.15, 0.2) is 29.6 Å². The van der Waals surface area contributed by atoms with Crippen LogP contribution in [-0.4, -0.2) is 30.1 Å². The first-order valence-corrected chi connectivity index (χ1v) is 9.15. The summed E-state index contributed by atoms with van der Waals surface area (Å²) in [7, 11) is 0. The molecule has 0 radical (unpaired) electrons. The van der Waals surface area contributed by atoms with Gasteiger partial charge in [-0.25, -0.2) is 0 Å². The average molecular weight is 300 g/mol. The molecule has 4 rings (SSSR count). The van der Waals surface area contributed by atoms with Gasteiger partial charge in [-0.2, -0.15) is 0 Å². The number of thiophene rings is 1. The first kappa shape index (κ1) is 13.7. The molecule has 0 bridgehead atoms. The van der Waals surface area contributed by atoms with Crippen LogP contribution < -0.4 is 5.32 Å². The minimum absolute atomic E-state index is 0.419. The van der Waals surface area contributed by atoms with Crippen LogP contribution in [-0.2, 0) is 6.54 Å². The first-order chi connectivity index (χ1) is 10.3. The summed E-state index contributed by atoms with van der Waals surface area (Å²) in [5.41, 5.74) is 1.94. The van der Waals surface area contributed by atoms with Crippen LogP contribution >= 0.6 is 11.3 Å². The predicted molar refractivity (Wildman–Crippen MR) is 90.9 cm³/mol. The number of fused-ring (bicyclic) bond motifs is 1. The van der Waals surface area contributed by atoms with Crippen molar-refractivity contribution >= 4 is 21.4 Å². The van der Waals surface area contributed by atoms with Crippen LogP contribution in [0.3, 0.4) is 0 Å². The van der Waals surface area contributed by atoms with Gasteiger partial charge >= 0.3 is 0 Å². The molecule has 0 atom stereocenters. The lowest BCUT2D eigenvalue weighted by Crippen LogP contribution is -2.60. The summed E-state index contributed by atoms with van der Waals surface area (Å²) in [5, 5.41) is 7.66. The third-order valence-electron chi connectivity index (χ3n) is 5.22. The molecule has 1 aliphatic carbocycles. The van der Waals surface area contributed by atoms with Crippen molar-refractivity contribution in [2.45, 2.75) is 44.2 Å². The van der Waals surface area contributed by atoms with E-state index in [1.807, 2.05) is 11.3 Å². The maximum absolute atomic E-state index is 3.84. The number of piperazine rings is 1. The Morgan fingerprint density at radius 3 is 2.90 bits per heavy atom. The van der Waals surface area contributed by atoms with E-state index in [2.05, 4.69) is 39.9 Å². The van der Waals surface area contributed by atoms with Crippen molar-refractivity contribution in [3.8, 4) is 0 Å². The lowest BCUT2D eigenvalue weighted by Gasteiger charge is -2.46. The second-order valence-corrected chi connectivity index (χ2v) is 7.65. The maximum atomic E-state index is 3.84. The summed E-state index contributed by atoms with van der Waals surface area (Å²) in [6, 6.07) is 8.83. The van der Waals surface area contributed by atoms with Crippen molar-refractivity contribution in [3.05, 3.63) is 35.2 Å². The SMILES string of the molecule is c1ccc2c(CN3CCNC4(CCCCC4)C3)csc2c1. The van der Waals surface area contributed by atoms with E-state index in [0.29, 0.717) is 5.54 Å².